The van der Waals surface area contributed by atoms with E-state index >= 15 is 0 Å². The highest BCUT2D eigenvalue weighted by Gasteiger charge is 2.53. The highest BCUT2D eigenvalue weighted by atomic mass is 16.8. The first-order chi connectivity index (χ1) is 35.8. The van der Waals surface area contributed by atoms with E-state index < -0.39 is 124 Å². The maximum absolute atomic E-state index is 13.3. The van der Waals surface area contributed by atoms with Crippen molar-refractivity contribution >= 4 is 5.91 Å². The summed E-state index contributed by atoms with van der Waals surface area (Å²) in [6.07, 6.45) is 13.9. The zero-order valence-corrected chi connectivity index (χ0v) is 44.3. The molecule has 3 rings (SSSR count). The van der Waals surface area contributed by atoms with Gasteiger partial charge < -0.3 is 89.9 Å². The van der Waals surface area contributed by atoms with E-state index in [4.69, 9.17) is 28.4 Å². The van der Waals surface area contributed by atoms with Crippen LogP contribution >= 0.6 is 0 Å². The molecule has 0 bridgehead atoms. The molecule has 19 nitrogen and oxygen atoms in total. The van der Waals surface area contributed by atoms with Crippen LogP contribution in [0.25, 0.3) is 0 Å². The van der Waals surface area contributed by atoms with Gasteiger partial charge in [0.05, 0.1) is 38.6 Å². The van der Waals surface area contributed by atoms with Crippen LogP contribution < -0.4 is 5.32 Å². The maximum Gasteiger partial charge on any atom is 0.220 e. The largest absolute Gasteiger partial charge is 0.394 e. The molecule has 3 heterocycles. The Morgan fingerprint density at radius 3 is 1.36 bits per heavy atom. The summed E-state index contributed by atoms with van der Waals surface area (Å²) in [7, 11) is 0. The topological polar surface area (TPSA) is 307 Å². The number of carbonyl (C=O) groups excluding carboxylic acids is 1. The Labute approximate surface area is 440 Å². The van der Waals surface area contributed by atoms with Crippen LogP contribution in [-0.2, 0) is 33.2 Å². The molecule has 3 aliphatic rings. The molecule has 430 valence electrons. The van der Waals surface area contributed by atoms with Crippen molar-refractivity contribution in [2.45, 2.75) is 266 Å². The molecule has 1 amide bonds. The third kappa shape index (κ3) is 23.8. The van der Waals surface area contributed by atoms with Gasteiger partial charge in [0.15, 0.2) is 18.9 Å². The van der Waals surface area contributed by atoms with Crippen molar-refractivity contribution < 1.29 is 89.4 Å². The second-order valence-electron chi connectivity index (χ2n) is 20.0. The quantitative estimate of drug-likeness (QED) is 0.0310. The Balaban J connectivity index is 1.56. The van der Waals surface area contributed by atoms with Crippen molar-refractivity contribution in [1.29, 1.82) is 0 Å². The molecule has 3 saturated heterocycles. The molecule has 74 heavy (non-hydrogen) atoms. The summed E-state index contributed by atoms with van der Waals surface area (Å²) in [6, 6.07) is -0.999. The van der Waals surface area contributed by atoms with Gasteiger partial charge in [-0.05, 0) is 70.6 Å². The molecular weight excluding hydrogens is 963 g/mol. The number of amides is 1. The van der Waals surface area contributed by atoms with Gasteiger partial charge in [0, 0.05) is 6.42 Å². The molecule has 3 fully saturated rings. The van der Waals surface area contributed by atoms with Crippen molar-refractivity contribution in [3.8, 4) is 0 Å². The predicted molar refractivity (Wildman–Crippen MR) is 277 cm³/mol. The Morgan fingerprint density at radius 1 is 0.473 bits per heavy atom. The van der Waals surface area contributed by atoms with E-state index in [1.165, 1.54) is 64.2 Å². The number of aliphatic hydroxyl groups is 11. The number of aliphatic hydroxyl groups excluding tert-OH is 11. The normalized spacial score (nSPS) is 31.8. The lowest BCUT2D eigenvalue weighted by Crippen LogP contribution is -2.66. The lowest BCUT2D eigenvalue weighted by molar-refractivity contribution is -0.379. The number of hydrogen-bond acceptors (Lipinski definition) is 18. The van der Waals surface area contributed by atoms with E-state index in [1.807, 2.05) is 6.08 Å². The summed E-state index contributed by atoms with van der Waals surface area (Å²) in [5, 5.41) is 120. The number of rotatable bonds is 39. The van der Waals surface area contributed by atoms with Gasteiger partial charge in [-0.2, -0.15) is 0 Å². The Morgan fingerprint density at radius 2 is 0.865 bits per heavy atom. The molecule has 0 aromatic rings. The van der Waals surface area contributed by atoms with Crippen molar-refractivity contribution in [3.63, 3.8) is 0 Å². The number of carbonyl (C=O) groups is 1. The van der Waals surface area contributed by atoms with E-state index in [1.54, 1.807) is 6.08 Å². The van der Waals surface area contributed by atoms with E-state index in [2.05, 4.69) is 55.6 Å². The van der Waals surface area contributed by atoms with E-state index in [0.29, 0.717) is 12.8 Å². The summed E-state index contributed by atoms with van der Waals surface area (Å²) < 4.78 is 34.1. The standard InChI is InChI=1S/C55H97NO18/c1-3-5-7-9-11-13-15-17-19-21-23-25-27-29-31-33-43(61)56-38(39(60)32-30-28-26-24-22-20-18-16-14-12-10-8-6-4-2)37-69-53-49(67)46(64)51(41(35-58)71-53)74-55-50(68)47(65)52(42(36-59)72-55)73-54-48(66)45(63)44(62)40(34-57)70-54/h14,16-17,19,22,24,30,32,38-42,44-55,57-60,62-68H,3-13,15,18,20-21,23,25-29,31,33-37H2,1-2H3,(H,56,61)/b16-14+,19-17-,24-22+,32-30+. The molecular formula is C55H97NO18. The van der Waals surface area contributed by atoms with Crippen LogP contribution in [0.4, 0.5) is 0 Å². The first-order valence-electron chi connectivity index (χ1n) is 27.9. The second-order valence-corrected chi connectivity index (χ2v) is 20.0. The van der Waals surface area contributed by atoms with Crippen LogP contribution in [0.2, 0.25) is 0 Å². The fraction of sp³-hybridized carbons (Fsp3) is 0.836. The molecule has 17 unspecified atom stereocenters. The third-order valence-corrected chi connectivity index (χ3v) is 13.8. The summed E-state index contributed by atoms with van der Waals surface area (Å²) in [6.45, 7) is 1.62. The zero-order chi connectivity index (χ0) is 54.1. The highest BCUT2D eigenvalue weighted by molar-refractivity contribution is 5.76. The monoisotopic (exact) mass is 1060 g/mol. The Hall–Kier alpha value is -2.25. The third-order valence-electron chi connectivity index (χ3n) is 13.8. The van der Waals surface area contributed by atoms with Crippen LogP contribution in [-0.4, -0.2) is 193 Å². The summed E-state index contributed by atoms with van der Waals surface area (Å²) in [5.74, 6) is -0.302. The molecule has 3 aliphatic heterocycles. The van der Waals surface area contributed by atoms with Crippen LogP contribution in [0.1, 0.15) is 162 Å². The molecule has 17 atom stereocenters. The van der Waals surface area contributed by atoms with Crippen molar-refractivity contribution in [1.82, 2.24) is 5.32 Å². The van der Waals surface area contributed by atoms with Gasteiger partial charge in [0.2, 0.25) is 5.91 Å². The van der Waals surface area contributed by atoms with Gasteiger partial charge in [-0.25, -0.2) is 0 Å². The predicted octanol–water partition coefficient (Wildman–Crippen LogP) is 3.53. The Bertz CT molecular complexity index is 1550. The van der Waals surface area contributed by atoms with Crippen LogP contribution in [0.5, 0.6) is 0 Å². The van der Waals surface area contributed by atoms with Crippen LogP contribution in [0.15, 0.2) is 48.6 Å². The summed E-state index contributed by atoms with van der Waals surface area (Å²) in [5.41, 5.74) is 0. The molecule has 0 radical (unpaired) electrons. The summed E-state index contributed by atoms with van der Waals surface area (Å²) >= 11 is 0. The zero-order valence-electron chi connectivity index (χ0n) is 44.3. The second kappa shape index (κ2) is 39.2. The van der Waals surface area contributed by atoms with Gasteiger partial charge in [-0.3, -0.25) is 4.79 Å². The molecule has 0 saturated carbocycles. The summed E-state index contributed by atoms with van der Waals surface area (Å²) in [4.78, 5) is 13.3. The average Bonchev–Trinajstić information content (AvgIpc) is 3.40. The molecule has 0 aromatic heterocycles. The highest BCUT2D eigenvalue weighted by Crippen LogP contribution is 2.33. The van der Waals surface area contributed by atoms with Gasteiger partial charge in [-0.1, -0.05) is 133 Å². The fourth-order valence-corrected chi connectivity index (χ4v) is 9.16. The van der Waals surface area contributed by atoms with E-state index in [-0.39, 0.29) is 18.9 Å². The molecule has 12 N–H and O–H groups in total. The van der Waals surface area contributed by atoms with Crippen LogP contribution in [0, 0.1) is 0 Å². The first-order valence-corrected chi connectivity index (χ1v) is 27.9. The number of unbranched alkanes of at least 4 members (excludes halogenated alkanes) is 17. The van der Waals surface area contributed by atoms with Crippen LogP contribution in [0.3, 0.4) is 0 Å². The minimum atomic E-state index is -1.98. The minimum absolute atomic E-state index is 0.221. The fourth-order valence-electron chi connectivity index (χ4n) is 9.16. The molecule has 0 aliphatic carbocycles. The number of ether oxygens (including phenoxy) is 6. The lowest BCUT2D eigenvalue weighted by Gasteiger charge is -2.48. The van der Waals surface area contributed by atoms with E-state index in [0.717, 1.165) is 64.2 Å². The molecule has 0 spiro atoms. The van der Waals surface area contributed by atoms with Crippen molar-refractivity contribution in [2.24, 2.45) is 0 Å². The van der Waals surface area contributed by atoms with Gasteiger partial charge >= 0.3 is 0 Å². The average molecular weight is 1060 g/mol. The van der Waals surface area contributed by atoms with Gasteiger partial charge in [0.1, 0.15) is 73.2 Å². The van der Waals surface area contributed by atoms with Crippen molar-refractivity contribution in [3.05, 3.63) is 48.6 Å². The smallest absolute Gasteiger partial charge is 0.220 e. The number of allylic oxidation sites excluding steroid dienone is 7. The lowest BCUT2D eigenvalue weighted by atomic mass is 9.96. The molecule has 19 heteroatoms. The number of nitrogens with one attached hydrogen (secondary N) is 1. The molecule has 0 aromatic carbocycles. The minimum Gasteiger partial charge on any atom is -0.394 e. The first kappa shape index (κ1) is 66.0. The van der Waals surface area contributed by atoms with Gasteiger partial charge in [0.25, 0.3) is 0 Å². The maximum atomic E-state index is 13.3. The van der Waals surface area contributed by atoms with E-state index in [9.17, 15) is 61.0 Å². The SMILES string of the molecule is CCCCCC/C=C/CC/C=C/CC/C=C/C(O)C(COC1OC(CO)C(OC2OC(CO)C(OC3OC(CO)C(O)C(O)C3O)C(O)C2O)C(O)C1O)NC(=O)CCCCCCC/C=C\CCCCCCCC. The number of hydrogen-bond donors (Lipinski definition) is 12. The van der Waals surface area contributed by atoms with Gasteiger partial charge in [-0.15, -0.1) is 0 Å². The Kier molecular flexibility index (Phi) is 34.9. The van der Waals surface area contributed by atoms with Crippen molar-refractivity contribution in [2.75, 3.05) is 26.4 Å².